The highest BCUT2D eigenvalue weighted by Gasteiger charge is 2.42. The summed E-state index contributed by atoms with van der Waals surface area (Å²) in [5.74, 6) is 0. The van der Waals surface area contributed by atoms with Gasteiger partial charge in [-0.1, -0.05) is 168 Å². The molecule has 0 heterocycles. The van der Waals surface area contributed by atoms with Crippen LogP contribution >= 0.6 is 0 Å². The van der Waals surface area contributed by atoms with Gasteiger partial charge in [0, 0.05) is 22.5 Å². The van der Waals surface area contributed by atoms with Crippen molar-refractivity contribution in [3.63, 3.8) is 0 Å². The minimum atomic E-state index is 0.0280. The van der Waals surface area contributed by atoms with Crippen LogP contribution in [0.25, 0.3) is 33.4 Å². The molecule has 6 aromatic carbocycles. The van der Waals surface area contributed by atoms with Crippen LogP contribution in [0.3, 0.4) is 0 Å². The van der Waals surface area contributed by atoms with Crippen molar-refractivity contribution in [1.29, 1.82) is 0 Å². The fourth-order valence-corrected chi connectivity index (χ4v) is 8.38. The molecule has 0 fully saturated rings. The highest BCUT2D eigenvalue weighted by Crippen LogP contribution is 2.56. The van der Waals surface area contributed by atoms with E-state index in [9.17, 15) is 0 Å². The summed E-state index contributed by atoms with van der Waals surface area (Å²) in [6, 6.07) is 54.4. The van der Waals surface area contributed by atoms with Crippen molar-refractivity contribution in [1.82, 2.24) is 0 Å². The molecule has 0 aliphatic heterocycles. The summed E-state index contributed by atoms with van der Waals surface area (Å²) >= 11 is 0. The molecule has 0 aromatic heterocycles. The molecule has 0 atom stereocenters. The van der Waals surface area contributed by atoms with Gasteiger partial charge in [0.2, 0.25) is 0 Å². The number of hydrogen-bond acceptors (Lipinski definition) is 1. The molecule has 6 aromatic rings. The summed E-state index contributed by atoms with van der Waals surface area (Å²) < 4.78 is 0. The lowest BCUT2D eigenvalue weighted by Gasteiger charge is -2.33. The lowest BCUT2D eigenvalue weighted by Crippen LogP contribution is -2.25. The zero-order valence-corrected chi connectivity index (χ0v) is 30.9. The molecule has 1 nitrogen and oxygen atoms in total. The molecule has 1 aliphatic rings. The standard InChI is InChI=1S/C50H53N/c1-4-6-8-16-34-50(35-17-9-7-5-2)48-36-41(39-24-22-38(3)23-25-39)28-32-46(48)47-33-29-42(37-49(47)50)40-26-30-45(31-27-40)51(43-18-12-10-13-19-43)44-20-14-11-15-21-44/h10-15,18-33,36-37H,4-9,16-17,34-35H2,1-3H3. The van der Waals surface area contributed by atoms with Crippen molar-refractivity contribution in [3.8, 4) is 33.4 Å². The minimum absolute atomic E-state index is 0.0280. The number of hydrogen-bond donors (Lipinski definition) is 0. The van der Waals surface area contributed by atoms with Gasteiger partial charge in [0.25, 0.3) is 0 Å². The highest BCUT2D eigenvalue weighted by atomic mass is 15.1. The van der Waals surface area contributed by atoms with Crippen molar-refractivity contribution in [2.24, 2.45) is 0 Å². The summed E-state index contributed by atoms with van der Waals surface area (Å²) in [6.07, 6.45) is 12.7. The second kappa shape index (κ2) is 16.0. The maximum Gasteiger partial charge on any atom is 0.0462 e. The van der Waals surface area contributed by atoms with E-state index in [2.05, 4.69) is 171 Å². The van der Waals surface area contributed by atoms with E-state index in [4.69, 9.17) is 0 Å². The minimum Gasteiger partial charge on any atom is -0.311 e. The molecule has 258 valence electrons. The lowest BCUT2D eigenvalue weighted by molar-refractivity contribution is 0.401. The highest BCUT2D eigenvalue weighted by molar-refractivity contribution is 5.86. The van der Waals surface area contributed by atoms with E-state index in [1.165, 1.54) is 103 Å². The molecule has 0 bridgehead atoms. The zero-order chi connectivity index (χ0) is 35.0. The molecule has 7 rings (SSSR count). The van der Waals surface area contributed by atoms with Crippen molar-refractivity contribution >= 4 is 17.1 Å². The molecule has 0 saturated heterocycles. The van der Waals surface area contributed by atoms with Gasteiger partial charge in [-0.25, -0.2) is 0 Å². The Bertz CT molecular complexity index is 1950. The van der Waals surface area contributed by atoms with Gasteiger partial charge in [0.15, 0.2) is 0 Å². The number of aryl methyl sites for hydroxylation is 1. The van der Waals surface area contributed by atoms with Gasteiger partial charge in [-0.3, -0.25) is 0 Å². The van der Waals surface area contributed by atoms with Gasteiger partial charge in [-0.05, 0) is 113 Å². The summed E-state index contributed by atoms with van der Waals surface area (Å²) in [5.41, 5.74) is 16.0. The molecular weight excluding hydrogens is 615 g/mol. The Kier molecular flexibility index (Phi) is 10.8. The van der Waals surface area contributed by atoms with Crippen LogP contribution in [0.4, 0.5) is 17.1 Å². The SMILES string of the molecule is CCCCCCC1(CCCCCC)c2cc(-c3ccc(C)cc3)ccc2-c2ccc(-c3ccc(N(c4ccccc4)c4ccccc4)cc3)cc21. The van der Waals surface area contributed by atoms with Crippen molar-refractivity contribution < 1.29 is 0 Å². The third kappa shape index (κ3) is 7.31. The topological polar surface area (TPSA) is 3.24 Å². The summed E-state index contributed by atoms with van der Waals surface area (Å²) in [4.78, 5) is 2.34. The van der Waals surface area contributed by atoms with Crippen molar-refractivity contribution in [3.05, 3.63) is 162 Å². The molecule has 1 aliphatic carbocycles. The van der Waals surface area contributed by atoms with E-state index in [1.807, 2.05) is 0 Å². The van der Waals surface area contributed by atoms with E-state index in [-0.39, 0.29) is 5.41 Å². The average molecular weight is 668 g/mol. The Hall–Kier alpha value is -4.88. The van der Waals surface area contributed by atoms with Crippen LogP contribution in [-0.2, 0) is 5.41 Å². The number of nitrogens with zero attached hydrogens (tertiary/aromatic N) is 1. The Morgan fingerprint density at radius 1 is 0.412 bits per heavy atom. The number of para-hydroxylation sites is 2. The van der Waals surface area contributed by atoms with E-state index >= 15 is 0 Å². The maximum atomic E-state index is 2.57. The van der Waals surface area contributed by atoms with Crippen LogP contribution in [-0.4, -0.2) is 0 Å². The predicted octanol–water partition coefficient (Wildman–Crippen LogP) is 15.0. The van der Waals surface area contributed by atoms with Gasteiger partial charge >= 0.3 is 0 Å². The number of anilines is 3. The van der Waals surface area contributed by atoms with E-state index in [1.54, 1.807) is 11.1 Å². The molecule has 0 N–H and O–H groups in total. The fraction of sp³-hybridized carbons (Fsp3) is 0.280. The molecule has 1 heteroatoms. The van der Waals surface area contributed by atoms with Gasteiger partial charge in [-0.2, -0.15) is 0 Å². The van der Waals surface area contributed by atoms with Crippen molar-refractivity contribution in [2.75, 3.05) is 4.90 Å². The fourth-order valence-electron chi connectivity index (χ4n) is 8.38. The maximum absolute atomic E-state index is 2.57. The Balaban J connectivity index is 1.30. The van der Waals surface area contributed by atoms with Gasteiger partial charge in [0.05, 0.1) is 0 Å². The largest absolute Gasteiger partial charge is 0.311 e. The number of benzene rings is 6. The van der Waals surface area contributed by atoms with Crippen LogP contribution in [0.2, 0.25) is 0 Å². The van der Waals surface area contributed by atoms with E-state index < -0.39 is 0 Å². The first-order valence-electron chi connectivity index (χ1n) is 19.5. The van der Waals surface area contributed by atoms with Crippen LogP contribution < -0.4 is 4.90 Å². The average Bonchev–Trinajstić information content (AvgIpc) is 3.45. The van der Waals surface area contributed by atoms with E-state index in [0.717, 1.165) is 17.1 Å². The first-order valence-corrected chi connectivity index (χ1v) is 19.5. The second-order valence-corrected chi connectivity index (χ2v) is 14.6. The molecule has 0 saturated carbocycles. The van der Waals surface area contributed by atoms with Gasteiger partial charge in [-0.15, -0.1) is 0 Å². The van der Waals surface area contributed by atoms with Gasteiger partial charge < -0.3 is 4.90 Å². The normalized spacial score (nSPS) is 12.8. The molecule has 0 amide bonds. The molecule has 51 heavy (non-hydrogen) atoms. The van der Waals surface area contributed by atoms with Crippen LogP contribution in [0, 0.1) is 6.92 Å². The molecular formula is C50H53N. The van der Waals surface area contributed by atoms with Crippen LogP contribution in [0.5, 0.6) is 0 Å². The monoisotopic (exact) mass is 667 g/mol. The summed E-state index contributed by atoms with van der Waals surface area (Å²) in [6.45, 7) is 6.82. The van der Waals surface area contributed by atoms with Crippen LogP contribution in [0.15, 0.2) is 146 Å². The zero-order valence-electron chi connectivity index (χ0n) is 30.9. The predicted molar refractivity (Wildman–Crippen MR) is 220 cm³/mol. The Morgan fingerprint density at radius 3 is 1.27 bits per heavy atom. The quantitative estimate of drug-likeness (QED) is 0.0985. The Labute approximate surface area is 307 Å². The van der Waals surface area contributed by atoms with E-state index in [0.29, 0.717) is 0 Å². The second-order valence-electron chi connectivity index (χ2n) is 14.6. The van der Waals surface area contributed by atoms with Crippen molar-refractivity contribution in [2.45, 2.75) is 90.4 Å². The first-order chi connectivity index (χ1) is 25.1. The van der Waals surface area contributed by atoms with Gasteiger partial charge in [0.1, 0.15) is 0 Å². The third-order valence-corrected chi connectivity index (χ3v) is 11.1. The summed E-state index contributed by atoms with van der Waals surface area (Å²) in [7, 11) is 0. The summed E-state index contributed by atoms with van der Waals surface area (Å²) in [5, 5.41) is 0. The molecule has 0 spiro atoms. The Morgan fingerprint density at radius 2 is 0.824 bits per heavy atom. The number of rotatable bonds is 15. The number of fused-ring (bicyclic) bond motifs is 3. The molecule has 0 radical (unpaired) electrons. The van der Waals surface area contributed by atoms with Crippen LogP contribution in [0.1, 0.15) is 94.7 Å². The molecule has 0 unspecified atom stereocenters. The third-order valence-electron chi connectivity index (χ3n) is 11.1. The lowest BCUT2D eigenvalue weighted by atomic mass is 9.70. The smallest absolute Gasteiger partial charge is 0.0462 e. The number of unbranched alkanes of at least 4 members (excludes halogenated alkanes) is 6. The first kappa shape index (κ1) is 34.6.